The van der Waals surface area contributed by atoms with Gasteiger partial charge in [0, 0.05) is 6.20 Å². The second kappa shape index (κ2) is 7.19. The standard InChI is InChI=1S/C12H14N2O6/c15-10(16)5-8(7-3-1-2-4-13-7)14-9(12(19)20)6-11(17)18/h1-4,8-9,14H,5-6H2,(H,15,16)(H,17,18)(H,19,20). The van der Waals surface area contributed by atoms with E-state index in [1.165, 1.54) is 6.20 Å². The maximum absolute atomic E-state index is 11.0. The highest BCUT2D eigenvalue weighted by molar-refractivity contribution is 5.80. The van der Waals surface area contributed by atoms with Crippen LogP contribution in [0.15, 0.2) is 24.4 Å². The Kier molecular flexibility index (Phi) is 5.60. The molecule has 0 bridgehead atoms. The smallest absolute Gasteiger partial charge is 0.321 e. The highest BCUT2D eigenvalue weighted by atomic mass is 16.4. The molecule has 1 rings (SSSR count). The molecule has 1 aromatic heterocycles. The molecular formula is C12H14N2O6. The van der Waals surface area contributed by atoms with E-state index in [2.05, 4.69) is 10.3 Å². The molecule has 0 amide bonds. The van der Waals surface area contributed by atoms with E-state index in [0.717, 1.165) is 0 Å². The molecule has 2 atom stereocenters. The normalized spacial score (nSPS) is 13.4. The van der Waals surface area contributed by atoms with Crippen molar-refractivity contribution in [2.75, 3.05) is 0 Å². The van der Waals surface area contributed by atoms with E-state index in [9.17, 15) is 14.4 Å². The van der Waals surface area contributed by atoms with Crippen LogP contribution in [0.1, 0.15) is 24.6 Å². The van der Waals surface area contributed by atoms with Gasteiger partial charge in [0.1, 0.15) is 6.04 Å². The van der Waals surface area contributed by atoms with E-state index in [0.29, 0.717) is 5.69 Å². The van der Waals surface area contributed by atoms with Crippen molar-refractivity contribution in [3.63, 3.8) is 0 Å². The molecule has 2 unspecified atom stereocenters. The largest absolute Gasteiger partial charge is 0.481 e. The van der Waals surface area contributed by atoms with Crippen LogP contribution in [0.4, 0.5) is 0 Å². The van der Waals surface area contributed by atoms with E-state index in [-0.39, 0.29) is 0 Å². The van der Waals surface area contributed by atoms with Crippen LogP contribution in [0.2, 0.25) is 0 Å². The lowest BCUT2D eigenvalue weighted by atomic mass is 10.1. The summed E-state index contributed by atoms with van der Waals surface area (Å²) in [4.78, 5) is 36.4. The molecule has 0 fully saturated rings. The minimum Gasteiger partial charge on any atom is -0.481 e. The first-order valence-electron chi connectivity index (χ1n) is 5.73. The van der Waals surface area contributed by atoms with Gasteiger partial charge in [0.2, 0.25) is 0 Å². The zero-order chi connectivity index (χ0) is 15.1. The third-order valence-corrected chi connectivity index (χ3v) is 2.50. The van der Waals surface area contributed by atoms with E-state index >= 15 is 0 Å². The number of carboxylic acids is 3. The van der Waals surface area contributed by atoms with E-state index in [1.54, 1.807) is 18.2 Å². The average Bonchev–Trinajstić information content (AvgIpc) is 2.37. The zero-order valence-corrected chi connectivity index (χ0v) is 10.4. The second-order valence-electron chi connectivity index (χ2n) is 4.06. The van der Waals surface area contributed by atoms with Gasteiger partial charge in [-0.3, -0.25) is 24.7 Å². The number of pyridine rings is 1. The molecule has 0 saturated carbocycles. The Bertz CT molecular complexity index is 490. The van der Waals surface area contributed by atoms with Gasteiger partial charge in [-0.05, 0) is 12.1 Å². The van der Waals surface area contributed by atoms with Crippen molar-refractivity contribution in [2.45, 2.75) is 24.9 Å². The Hall–Kier alpha value is -2.48. The molecular weight excluding hydrogens is 268 g/mol. The van der Waals surface area contributed by atoms with Gasteiger partial charge in [0.15, 0.2) is 0 Å². The molecule has 0 aliphatic heterocycles. The molecule has 0 spiro atoms. The summed E-state index contributed by atoms with van der Waals surface area (Å²) in [5, 5.41) is 29.0. The number of rotatable bonds is 8. The van der Waals surface area contributed by atoms with Crippen LogP contribution < -0.4 is 5.32 Å². The molecule has 0 radical (unpaired) electrons. The molecule has 20 heavy (non-hydrogen) atoms. The predicted octanol–water partition coefficient (Wildman–Crippen LogP) is 0.115. The first kappa shape index (κ1) is 15.6. The van der Waals surface area contributed by atoms with Crippen molar-refractivity contribution in [1.29, 1.82) is 0 Å². The summed E-state index contributed by atoms with van der Waals surface area (Å²) in [6.45, 7) is 0. The van der Waals surface area contributed by atoms with Crippen molar-refractivity contribution in [2.24, 2.45) is 0 Å². The number of aliphatic carboxylic acids is 3. The number of aromatic nitrogens is 1. The number of hydrogen-bond acceptors (Lipinski definition) is 5. The van der Waals surface area contributed by atoms with Gasteiger partial charge in [0.05, 0.1) is 24.6 Å². The molecule has 8 heteroatoms. The number of carbonyl (C=O) groups is 3. The minimum absolute atomic E-state index is 0.339. The lowest BCUT2D eigenvalue weighted by molar-refractivity contribution is -0.146. The fraction of sp³-hybridized carbons (Fsp3) is 0.333. The van der Waals surface area contributed by atoms with Gasteiger partial charge in [-0.1, -0.05) is 6.07 Å². The van der Waals surface area contributed by atoms with Gasteiger partial charge in [0.25, 0.3) is 0 Å². The zero-order valence-electron chi connectivity index (χ0n) is 10.4. The number of nitrogens with zero attached hydrogens (tertiary/aromatic N) is 1. The van der Waals surface area contributed by atoms with Crippen LogP contribution in [0.3, 0.4) is 0 Å². The Morgan fingerprint density at radius 1 is 1.10 bits per heavy atom. The van der Waals surface area contributed by atoms with Crippen molar-refractivity contribution in [3.05, 3.63) is 30.1 Å². The predicted molar refractivity (Wildman–Crippen MR) is 66.0 cm³/mol. The monoisotopic (exact) mass is 282 g/mol. The molecule has 108 valence electrons. The maximum atomic E-state index is 11.0. The van der Waals surface area contributed by atoms with Crippen LogP contribution in [-0.4, -0.2) is 44.3 Å². The SMILES string of the molecule is O=C(O)CC(NC(CC(=O)O)c1ccccn1)C(=O)O. The fourth-order valence-corrected chi connectivity index (χ4v) is 1.64. The van der Waals surface area contributed by atoms with Crippen LogP contribution in [-0.2, 0) is 14.4 Å². The maximum Gasteiger partial charge on any atom is 0.321 e. The highest BCUT2D eigenvalue weighted by Gasteiger charge is 2.26. The molecule has 0 aliphatic carbocycles. The van der Waals surface area contributed by atoms with Crippen molar-refractivity contribution in [3.8, 4) is 0 Å². The summed E-state index contributed by atoms with van der Waals surface area (Å²) in [7, 11) is 0. The van der Waals surface area contributed by atoms with E-state index < -0.39 is 42.8 Å². The molecule has 1 aromatic rings. The third kappa shape index (κ3) is 5.02. The summed E-state index contributed by atoms with van der Waals surface area (Å²) in [6, 6.07) is 2.53. The average molecular weight is 282 g/mol. The fourth-order valence-electron chi connectivity index (χ4n) is 1.64. The number of hydrogen-bond donors (Lipinski definition) is 4. The first-order valence-corrected chi connectivity index (χ1v) is 5.73. The van der Waals surface area contributed by atoms with Gasteiger partial charge in [-0.2, -0.15) is 0 Å². The Morgan fingerprint density at radius 2 is 1.75 bits per heavy atom. The Balaban J connectivity index is 2.90. The minimum atomic E-state index is -1.39. The lowest BCUT2D eigenvalue weighted by Crippen LogP contribution is -2.41. The first-order chi connectivity index (χ1) is 9.40. The Morgan fingerprint density at radius 3 is 2.20 bits per heavy atom. The molecule has 0 aromatic carbocycles. The third-order valence-electron chi connectivity index (χ3n) is 2.50. The summed E-state index contributed by atoms with van der Waals surface area (Å²) in [5.41, 5.74) is 0.339. The van der Waals surface area contributed by atoms with Gasteiger partial charge >= 0.3 is 17.9 Å². The molecule has 0 aliphatic rings. The second-order valence-corrected chi connectivity index (χ2v) is 4.06. The number of nitrogens with one attached hydrogen (secondary N) is 1. The van der Waals surface area contributed by atoms with Crippen LogP contribution >= 0.6 is 0 Å². The summed E-state index contributed by atoms with van der Waals surface area (Å²) < 4.78 is 0. The Labute approximate surface area is 114 Å². The van der Waals surface area contributed by atoms with Crippen LogP contribution in [0.5, 0.6) is 0 Å². The molecule has 1 heterocycles. The van der Waals surface area contributed by atoms with Crippen LogP contribution in [0.25, 0.3) is 0 Å². The van der Waals surface area contributed by atoms with E-state index in [1.807, 2.05) is 0 Å². The van der Waals surface area contributed by atoms with Gasteiger partial charge < -0.3 is 15.3 Å². The molecule has 4 N–H and O–H groups in total. The van der Waals surface area contributed by atoms with Gasteiger partial charge in [-0.25, -0.2) is 0 Å². The topological polar surface area (TPSA) is 137 Å². The molecule has 8 nitrogen and oxygen atoms in total. The molecule has 0 saturated heterocycles. The summed E-state index contributed by atoms with van der Waals surface area (Å²) in [5.74, 6) is -3.80. The summed E-state index contributed by atoms with van der Waals surface area (Å²) >= 11 is 0. The van der Waals surface area contributed by atoms with Crippen molar-refractivity contribution < 1.29 is 29.7 Å². The van der Waals surface area contributed by atoms with Crippen molar-refractivity contribution in [1.82, 2.24) is 10.3 Å². The lowest BCUT2D eigenvalue weighted by Gasteiger charge is -2.20. The van der Waals surface area contributed by atoms with Crippen molar-refractivity contribution >= 4 is 17.9 Å². The summed E-state index contributed by atoms with van der Waals surface area (Å²) in [6.07, 6.45) is 0.386. The highest BCUT2D eigenvalue weighted by Crippen LogP contribution is 2.15. The van der Waals surface area contributed by atoms with Crippen LogP contribution in [0, 0.1) is 0 Å². The van der Waals surface area contributed by atoms with E-state index in [4.69, 9.17) is 15.3 Å². The number of carboxylic acid groups (broad SMARTS) is 3. The quantitative estimate of drug-likeness (QED) is 0.527. The van der Waals surface area contributed by atoms with Gasteiger partial charge in [-0.15, -0.1) is 0 Å².